The number of amides is 1. The summed E-state index contributed by atoms with van der Waals surface area (Å²) in [6.07, 6.45) is 0. The molecule has 1 rings (SSSR count). The summed E-state index contributed by atoms with van der Waals surface area (Å²) in [6, 6.07) is 3.21. The van der Waals surface area contributed by atoms with Gasteiger partial charge in [-0.25, -0.2) is 0 Å². The zero-order valence-electron chi connectivity index (χ0n) is 9.71. The van der Waals surface area contributed by atoms with Gasteiger partial charge in [-0.1, -0.05) is 27.5 Å². The summed E-state index contributed by atoms with van der Waals surface area (Å²) in [4.78, 5) is 11.3. The molecule has 0 spiro atoms. The van der Waals surface area contributed by atoms with E-state index in [0.29, 0.717) is 22.2 Å². The lowest BCUT2D eigenvalue weighted by Crippen LogP contribution is -2.20. The minimum atomic E-state index is -0.297. The zero-order valence-corrected chi connectivity index (χ0v) is 12.1. The van der Waals surface area contributed by atoms with Crippen LogP contribution in [0.1, 0.15) is 6.92 Å². The van der Waals surface area contributed by atoms with Crippen molar-refractivity contribution in [1.82, 2.24) is 0 Å². The Bertz CT molecular complexity index is 423. The van der Waals surface area contributed by atoms with E-state index in [-0.39, 0.29) is 10.7 Å². The maximum absolute atomic E-state index is 11.6. The molecule has 1 aromatic carbocycles. The molecule has 6 heteroatoms. The number of hydrogen-bond donors (Lipinski definition) is 1. The smallest absolute Gasteiger partial charge is 0.237 e. The van der Waals surface area contributed by atoms with Crippen LogP contribution in [0.3, 0.4) is 0 Å². The normalized spacial score (nSPS) is 11.8. The molecule has 0 bridgehead atoms. The quantitative estimate of drug-likeness (QED) is 0.867. The lowest BCUT2D eigenvalue weighted by Gasteiger charge is -2.13. The number of rotatable bonds is 4. The minimum Gasteiger partial charge on any atom is -0.495 e. The maximum Gasteiger partial charge on any atom is 0.237 e. The average molecular weight is 323 g/mol. The second-order valence-corrected chi connectivity index (χ2v) is 5.07. The molecule has 1 unspecified atom stereocenters. The molecule has 0 aliphatic rings. The molecule has 0 aliphatic carbocycles. The molecule has 1 atom stereocenters. The molecule has 1 N–H and O–H groups in total. The highest BCUT2D eigenvalue weighted by molar-refractivity contribution is 9.10. The van der Waals surface area contributed by atoms with Gasteiger partial charge in [-0.3, -0.25) is 4.79 Å². The van der Waals surface area contributed by atoms with Gasteiger partial charge < -0.3 is 14.8 Å². The van der Waals surface area contributed by atoms with E-state index in [0.717, 1.165) is 0 Å². The highest BCUT2D eigenvalue weighted by Gasteiger charge is 2.14. The number of anilines is 1. The molecular formula is C11H13BrClNO3. The molecule has 0 saturated heterocycles. The SMILES string of the molecule is COc1cc(NC(=O)C(C)Br)c(OC)cc1Cl. The number of carbonyl (C=O) groups is 1. The van der Waals surface area contributed by atoms with Crippen LogP contribution in [0.15, 0.2) is 12.1 Å². The summed E-state index contributed by atoms with van der Waals surface area (Å²) < 4.78 is 10.2. The first kappa shape index (κ1) is 14.1. The molecule has 0 fully saturated rings. The number of halogens is 2. The molecule has 0 aliphatic heterocycles. The van der Waals surface area contributed by atoms with Crippen molar-refractivity contribution in [1.29, 1.82) is 0 Å². The number of benzene rings is 1. The van der Waals surface area contributed by atoms with Crippen LogP contribution < -0.4 is 14.8 Å². The van der Waals surface area contributed by atoms with Crippen molar-refractivity contribution in [3.63, 3.8) is 0 Å². The van der Waals surface area contributed by atoms with Crippen LogP contribution in [0.2, 0.25) is 5.02 Å². The van der Waals surface area contributed by atoms with E-state index >= 15 is 0 Å². The summed E-state index contributed by atoms with van der Waals surface area (Å²) in [5, 5.41) is 3.14. The maximum atomic E-state index is 11.6. The van der Waals surface area contributed by atoms with Gasteiger partial charge in [0.1, 0.15) is 11.5 Å². The second kappa shape index (κ2) is 6.12. The van der Waals surface area contributed by atoms with Crippen LogP contribution in [-0.2, 0) is 4.79 Å². The van der Waals surface area contributed by atoms with Crippen LogP contribution in [-0.4, -0.2) is 25.0 Å². The summed E-state index contributed by atoms with van der Waals surface area (Å²) in [5.74, 6) is 0.787. The Labute approximate surface area is 113 Å². The van der Waals surface area contributed by atoms with Gasteiger partial charge in [-0.2, -0.15) is 0 Å². The van der Waals surface area contributed by atoms with Gasteiger partial charge in [0.2, 0.25) is 5.91 Å². The van der Waals surface area contributed by atoms with Crippen molar-refractivity contribution in [2.24, 2.45) is 0 Å². The predicted molar refractivity (Wildman–Crippen MR) is 71.6 cm³/mol. The van der Waals surface area contributed by atoms with Crippen molar-refractivity contribution >= 4 is 39.1 Å². The van der Waals surface area contributed by atoms with Gasteiger partial charge in [-0.05, 0) is 6.92 Å². The van der Waals surface area contributed by atoms with Crippen LogP contribution >= 0.6 is 27.5 Å². The largest absolute Gasteiger partial charge is 0.495 e. The van der Waals surface area contributed by atoms with Crippen molar-refractivity contribution in [3.8, 4) is 11.5 Å². The minimum absolute atomic E-state index is 0.173. The standard InChI is InChI=1S/C11H13BrClNO3/c1-6(12)11(15)14-8-5-9(16-2)7(13)4-10(8)17-3/h4-6H,1-3H3,(H,14,15). The van der Waals surface area contributed by atoms with Crippen LogP contribution in [0.25, 0.3) is 0 Å². The number of ether oxygens (including phenoxy) is 2. The average Bonchev–Trinajstić information content (AvgIpc) is 2.30. The summed E-state index contributed by atoms with van der Waals surface area (Å²) in [7, 11) is 3.01. The molecular weight excluding hydrogens is 309 g/mol. The van der Waals surface area contributed by atoms with Crippen LogP contribution in [0, 0.1) is 0 Å². The van der Waals surface area contributed by atoms with Gasteiger partial charge in [0.25, 0.3) is 0 Å². The molecule has 0 saturated carbocycles. The Balaban J connectivity index is 3.08. The van der Waals surface area contributed by atoms with Crippen LogP contribution in [0.4, 0.5) is 5.69 Å². The predicted octanol–water partition coefficient (Wildman–Crippen LogP) is 3.08. The molecule has 4 nitrogen and oxygen atoms in total. The van der Waals surface area contributed by atoms with E-state index in [4.69, 9.17) is 21.1 Å². The van der Waals surface area contributed by atoms with Gasteiger partial charge in [0, 0.05) is 12.1 Å². The van der Waals surface area contributed by atoms with Crippen molar-refractivity contribution in [3.05, 3.63) is 17.2 Å². The molecule has 1 amide bonds. The second-order valence-electron chi connectivity index (χ2n) is 3.29. The third-order valence-corrected chi connectivity index (χ3v) is 2.80. The summed E-state index contributed by atoms with van der Waals surface area (Å²) >= 11 is 9.14. The number of hydrogen-bond acceptors (Lipinski definition) is 3. The zero-order chi connectivity index (χ0) is 13.0. The van der Waals surface area contributed by atoms with Gasteiger partial charge in [0.15, 0.2) is 0 Å². The molecule has 0 radical (unpaired) electrons. The molecule has 17 heavy (non-hydrogen) atoms. The van der Waals surface area contributed by atoms with Crippen LogP contribution in [0.5, 0.6) is 11.5 Å². The van der Waals surface area contributed by atoms with E-state index in [1.54, 1.807) is 19.1 Å². The summed E-state index contributed by atoms with van der Waals surface area (Å²) in [5.41, 5.74) is 0.519. The topological polar surface area (TPSA) is 47.6 Å². The first-order valence-electron chi connectivity index (χ1n) is 4.86. The van der Waals surface area contributed by atoms with Gasteiger partial charge in [-0.15, -0.1) is 0 Å². The number of nitrogens with one attached hydrogen (secondary N) is 1. The number of carbonyl (C=O) groups excluding carboxylic acids is 1. The monoisotopic (exact) mass is 321 g/mol. The first-order valence-corrected chi connectivity index (χ1v) is 6.15. The highest BCUT2D eigenvalue weighted by atomic mass is 79.9. The molecule has 94 valence electrons. The Morgan fingerprint density at radius 1 is 1.35 bits per heavy atom. The Hall–Kier alpha value is -0.940. The fourth-order valence-corrected chi connectivity index (χ4v) is 1.54. The molecule has 0 heterocycles. The van der Waals surface area contributed by atoms with E-state index in [1.807, 2.05) is 0 Å². The number of alkyl halides is 1. The Morgan fingerprint density at radius 2 is 1.94 bits per heavy atom. The van der Waals surface area contributed by atoms with Crippen molar-refractivity contribution < 1.29 is 14.3 Å². The Kier molecular flexibility index (Phi) is 5.08. The van der Waals surface area contributed by atoms with Crippen molar-refractivity contribution in [2.75, 3.05) is 19.5 Å². The fourth-order valence-electron chi connectivity index (χ4n) is 1.19. The van der Waals surface area contributed by atoms with E-state index in [9.17, 15) is 4.79 Å². The summed E-state index contributed by atoms with van der Waals surface area (Å²) in [6.45, 7) is 1.73. The number of methoxy groups -OCH3 is 2. The van der Waals surface area contributed by atoms with E-state index in [2.05, 4.69) is 21.2 Å². The van der Waals surface area contributed by atoms with E-state index < -0.39 is 0 Å². The van der Waals surface area contributed by atoms with Crippen molar-refractivity contribution in [2.45, 2.75) is 11.8 Å². The first-order chi connectivity index (χ1) is 7.99. The molecule has 1 aromatic rings. The molecule has 0 aromatic heterocycles. The van der Waals surface area contributed by atoms with Gasteiger partial charge >= 0.3 is 0 Å². The lowest BCUT2D eigenvalue weighted by atomic mass is 10.2. The van der Waals surface area contributed by atoms with E-state index in [1.165, 1.54) is 14.2 Å². The fraction of sp³-hybridized carbons (Fsp3) is 0.364. The highest BCUT2D eigenvalue weighted by Crippen LogP contribution is 2.35. The third-order valence-electron chi connectivity index (χ3n) is 2.09. The lowest BCUT2D eigenvalue weighted by molar-refractivity contribution is -0.115. The Morgan fingerprint density at radius 3 is 2.41 bits per heavy atom. The van der Waals surface area contributed by atoms with Gasteiger partial charge in [0.05, 0.1) is 29.8 Å². The third kappa shape index (κ3) is 3.51.